The van der Waals surface area contributed by atoms with Gasteiger partial charge in [0.1, 0.15) is 11.9 Å². The molecule has 0 bridgehead atoms. The Hall–Kier alpha value is -1.70. The van der Waals surface area contributed by atoms with Crippen LogP contribution in [0.3, 0.4) is 0 Å². The molecule has 0 unspecified atom stereocenters. The summed E-state index contributed by atoms with van der Waals surface area (Å²) in [5.41, 5.74) is 1.44. The predicted octanol–water partition coefficient (Wildman–Crippen LogP) is 2.97. The van der Waals surface area contributed by atoms with E-state index < -0.39 is 4.92 Å². The second kappa shape index (κ2) is 4.66. The highest BCUT2D eigenvalue weighted by Gasteiger charge is 2.11. The van der Waals surface area contributed by atoms with Crippen LogP contribution in [0.5, 0.6) is 5.75 Å². The third-order valence-electron chi connectivity index (χ3n) is 2.18. The largest absolute Gasteiger partial charge is 0.508 e. The quantitative estimate of drug-likeness (QED) is 0.517. The summed E-state index contributed by atoms with van der Waals surface area (Å²) in [6.45, 7) is 0. The molecule has 0 spiro atoms. The van der Waals surface area contributed by atoms with Gasteiger partial charge in [0.15, 0.2) is 0 Å². The predicted molar refractivity (Wildman–Crippen MR) is 70.7 cm³/mol. The molecule has 2 aromatic rings. The standard InChI is InChI=1S/C11H7IN2O3/c12-10-5-8(14(16)17)6-13-11(10)7-1-3-9(15)4-2-7/h1-6,15H. The lowest BCUT2D eigenvalue weighted by Crippen LogP contribution is -1.93. The van der Waals surface area contributed by atoms with E-state index in [-0.39, 0.29) is 11.4 Å². The topological polar surface area (TPSA) is 76.3 Å². The molecule has 0 saturated carbocycles. The Morgan fingerprint density at radius 2 is 1.94 bits per heavy atom. The summed E-state index contributed by atoms with van der Waals surface area (Å²) >= 11 is 2.00. The monoisotopic (exact) mass is 342 g/mol. The molecule has 0 amide bonds. The summed E-state index contributed by atoms with van der Waals surface area (Å²) in [4.78, 5) is 14.2. The maximum Gasteiger partial charge on any atom is 0.288 e. The molecule has 1 heterocycles. The van der Waals surface area contributed by atoms with Gasteiger partial charge in [-0.05, 0) is 46.9 Å². The third-order valence-corrected chi connectivity index (χ3v) is 3.00. The molecule has 0 aliphatic rings. The molecule has 0 atom stereocenters. The van der Waals surface area contributed by atoms with Gasteiger partial charge in [0, 0.05) is 15.2 Å². The van der Waals surface area contributed by atoms with Crippen molar-refractivity contribution in [3.8, 4) is 17.0 Å². The van der Waals surface area contributed by atoms with Crippen LogP contribution < -0.4 is 0 Å². The SMILES string of the molecule is O=[N+]([O-])c1cnc(-c2ccc(O)cc2)c(I)c1. The molecule has 1 aromatic carbocycles. The number of aromatic nitrogens is 1. The zero-order valence-corrected chi connectivity index (χ0v) is 10.7. The van der Waals surface area contributed by atoms with Crippen LogP contribution in [-0.4, -0.2) is 15.0 Å². The fourth-order valence-corrected chi connectivity index (χ4v) is 2.13. The van der Waals surface area contributed by atoms with Crippen LogP contribution in [-0.2, 0) is 0 Å². The van der Waals surface area contributed by atoms with Crippen LogP contribution in [0.15, 0.2) is 36.5 Å². The minimum atomic E-state index is -0.476. The Bertz CT molecular complexity index is 569. The first-order chi connectivity index (χ1) is 8.08. The zero-order chi connectivity index (χ0) is 12.4. The van der Waals surface area contributed by atoms with E-state index in [4.69, 9.17) is 0 Å². The number of hydrogen-bond donors (Lipinski definition) is 1. The molecular weight excluding hydrogens is 335 g/mol. The molecule has 0 fully saturated rings. The van der Waals surface area contributed by atoms with E-state index in [1.54, 1.807) is 24.3 Å². The molecule has 1 aromatic heterocycles. The normalized spacial score (nSPS) is 10.2. The van der Waals surface area contributed by atoms with E-state index in [0.717, 1.165) is 5.56 Å². The highest BCUT2D eigenvalue weighted by Crippen LogP contribution is 2.27. The second-order valence-electron chi connectivity index (χ2n) is 3.33. The van der Waals surface area contributed by atoms with Gasteiger partial charge in [-0.15, -0.1) is 0 Å². The first-order valence-corrected chi connectivity index (χ1v) is 5.75. The Morgan fingerprint density at radius 1 is 1.29 bits per heavy atom. The average Bonchev–Trinajstić information content (AvgIpc) is 2.30. The average molecular weight is 342 g/mol. The lowest BCUT2D eigenvalue weighted by Gasteiger charge is -2.03. The van der Waals surface area contributed by atoms with Gasteiger partial charge in [-0.25, -0.2) is 4.98 Å². The Kier molecular flexibility index (Phi) is 3.23. The van der Waals surface area contributed by atoms with E-state index >= 15 is 0 Å². The van der Waals surface area contributed by atoms with Gasteiger partial charge in [-0.2, -0.15) is 0 Å². The highest BCUT2D eigenvalue weighted by atomic mass is 127. The first-order valence-electron chi connectivity index (χ1n) is 4.67. The van der Waals surface area contributed by atoms with Gasteiger partial charge in [-0.3, -0.25) is 10.1 Å². The molecule has 2 rings (SSSR count). The van der Waals surface area contributed by atoms with Crippen LogP contribution in [0.2, 0.25) is 0 Å². The van der Waals surface area contributed by atoms with Crippen molar-refractivity contribution in [3.05, 3.63) is 50.2 Å². The van der Waals surface area contributed by atoms with Crippen molar-refractivity contribution in [2.24, 2.45) is 0 Å². The zero-order valence-electron chi connectivity index (χ0n) is 8.50. The number of benzene rings is 1. The lowest BCUT2D eigenvalue weighted by molar-refractivity contribution is -0.385. The van der Waals surface area contributed by atoms with Crippen molar-refractivity contribution >= 4 is 28.3 Å². The van der Waals surface area contributed by atoms with Gasteiger partial charge >= 0.3 is 0 Å². The molecule has 5 nitrogen and oxygen atoms in total. The van der Waals surface area contributed by atoms with E-state index in [0.29, 0.717) is 9.26 Å². The fourth-order valence-electron chi connectivity index (χ4n) is 1.36. The number of hydrogen-bond acceptors (Lipinski definition) is 4. The van der Waals surface area contributed by atoms with E-state index in [2.05, 4.69) is 4.98 Å². The van der Waals surface area contributed by atoms with Crippen molar-refractivity contribution in [3.63, 3.8) is 0 Å². The van der Waals surface area contributed by atoms with Crippen LogP contribution in [0.1, 0.15) is 0 Å². The fraction of sp³-hybridized carbons (Fsp3) is 0. The van der Waals surface area contributed by atoms with Gasteiger partial charge in [0.05, 0.1) is 10.6 Å². The molecule has 0 aliphatic carbocycles. The van der Waals surface area contributed by atoms with Gasteiger partial charge in [0.25, 0.3) is 5.69 Å². The van der Waals surface area contributed by atoms with Crippen LogP contribution in [0.4, 0.5) is 5.69 Å². The maximum absolute atomic E-state index is 10.6. The van der Waals surface area contributed by atoms with Crippen LogP contribution in [0.25, 0.3) is 11.3 Å². The summed E-state index contributed by atoms with van der Waals surface area (Å²) in [6.07, 6.45) is 1.23. The van der Waals surface area contributed by atoms with Crippen molar-refractivity contribution < 1.29 is 10.0 Å². The molecule has 86 valence electrons. The number of halogens is 1. The Labute approximate surface area is 110 Å². The number of nitrogens with zero attached hydrogens (tertiary/aromatic N) is 2. The smallest absolute Gasteiger partial charge is 0.288 e. The molecule has 0 aliphatic heterocycles. The Morgan fingerprint density at radius 3 is 2.47 bits per heavy atom. The van der Waals surface area contributed by atoms with Gasteiger partial charge in [-0.1, -0.05) is 0 Å². The van der Waals surface area contributed by atoms with E-state index in [1.165, 1.54) is 12.3 Å². The Balaban J connectivity index is 2.46. The second-order valence-corrected chi connectivity index (χ2v) is 4.49. The van der Waals surface area contributed by atoms with Gasteiger partial charge < -0.3 is 5.11 Å². The number of phenols is 1. The molecule has 1 N–H and O–H groups in total. The third kappa shape index (κ3) is 2.52. The minimum absolute atomic E-state index is 0.0306. The summed E-state index contributed by atoms with van der Waals surface area (Å²) in [5.74, 6) is 0.172. The summed E-state index contributed by atoms with van der Waals surface area (Å²) in [6, 6.07) is 8.00. The van der Waals surface area contributed by atoms with Crippen molar-refractivity contribution in [2.75, 3.05) is 0 Å². The first kappa shape index (κ1) is 11.8. The number of rotatable bonds is 2. The number of pyridine rings is 1. The highest BCUT2D eigenvalue weighted by molar-refractivity contribution is 14.1. The van der Waals surface area contributed by atoms with E-state index in [1.807, 2.05) is 22.6 Å². The maximum atomic E-state index is 10.6. The molecule has 0 radical (unpaired) electrons. The van der Waals surface area contributed by atoms with Gasteiger partial charge in [0.2, 0.25) is 0 Å². The molecule has 0 saturated heterocycles. The molecule has 6 heteroatoms. The van der Waals surface area contributed by atoms with Crippen molar-refractivity contribution in [1.29, 1.82) is 0 Å². The van der Waals surface area contributed by atoms with Crippen LogP contribution in [0, 0.1) is 13.7 Å². The van der Waals surface area contributed by atoms with Crippen molar-refractivity contribution in [2.45, 2.75) is 0 Å². The molecular formula is C11H7IN2O3. The van der Waals surface area contributed by atoms with E-state index in [9.17, 15) is 15.2 Å². The summed E-state index contributed by atoms with van der Waals surface area (Å²) in [7, 11) is 0. The minimum Gasteiger partial charge on any atom is -0.508 e. The number of aromatic hydroxyl groups is 1. The molecule has 17 heavy (non-hydrogen) atoms. The summed E-state index contributed by atoms with van der Waals surface area (Å²) < 4.78 is 0.697. The summed E-state index contributed by atoms with van der Waals surface area (Å²) in [5, 5.41) is 19.8. The number of phenolic OH excluding ortho intramolecular Hbond substituents is 1. The lowest BCUT2D eigenvalue weighted by atomic mass is 10.1. The van der Waals surface area contributed by atoms with Crippen molar-refractivity contribution in [1.82, 2.24) is 4.98 Å². The van der Waals surface area contributed by atoms with Crippen LogP contribution >= 0.6 is 22.6 Å². The number of nitro groups is 1.